The number of benzene rings is 1. The van der Waals surface area contributed by atoms with Gasteiger partial charge in [0.2, 0.25) is 0 Å². The molecule has 1 aromatic heterocycles. The molecule has 0 bridgehead atoms. The van der Waals surface area contributed by atoms with E-state index in [0.717, 1.165) is 35.2 Å². The Balaban J connectivity index is 2.54. The molecule has 0 aliphatic rings. The second-order valence-corrected chi connectivity index (χ2v) is 5.33. The Kier molecular flexibility index (Phi) is 4.45. The Hall–Kier alpha value is -1.81. The molecule has 0 radical (unpaired) electrons. The summed E-state index contributed by atoms with van der Waals surface area (Å²) in [6.45, 7) is 3.62. The number of pyridine rings is 1. The number of ether oxygens (including phenoxy) is 1. The number of methoxy groups -OCH3 is 1. The van der Waals surface area contributed by atoms with Crippen LogP contribution in [-0.4, -0.2) is 37.2 Å². The second-order valence-electron chi connectivity index (χ2n) is 5.33. The standard InChI is InChI=1S/C16H22N2O2/c1-12-11-15(19)18(10-6-9-17(2)3)16-13(12)7-5-8-14(16)20-4/h5,7-8,11H,6,9-10H2,1-4H3. The van der Waals surface area contributed by atoms with E-state index in [0.29, 0.717) is 6.54 Å². The van der Waals surface area contributed by atoms with Crippen LogP contribution in [0.25, 0.3) is 10.9 Å². The lowest BCUT2D eigenvalue weighted by molar-refractivity contribution is 0.384. The topological polar surface area (TPSA) is 34.5 Å². The van der Waals surface area contributed by atoms with Gasteiger partial charge in [0.1, 0.15) is 5.75 Å². The average molecular weight is 274 g/mol. The maximum atomic E-state index is 12.3. The quantitative estimate of drug-likeness (QED) is 0.839. The van der Waals surface area contributed by atoms with Gasteiger partial charge in [-0.1, -0.05) is 12.1 Å². The highest BCUT2D eigenvalue weighted by atomic mass is 16.5. The van der Waals surface area contributed by atoms with Crippen molar-refractivity contribution in [3.8, 4) is 5.75 Å². The van der Waals surface area contributed by atoms with Gasteiger partial charge in [0.05, 0.1) is 12.6 Å². The Morgan fingerprint density at radius 1 is 1.30 bits per heavy atom. The molecule has 0 saturated heterocycles. The molecule has 4 nitrogen and oxygen atoms in total. The molecule has 0 atom stereocenters. The summed E-state index contributed by atoms with van der Waals surface area (Å²) in [4.78, 5) is 14.4. The highest BCUT2D eigenvalue weighted by molar-refractivity contribution is 5.87. The Morgan fingerprint density at radius 2 is 2.05 bits per heavy atom. The molecule has 0 fully saturated rings. The van der Waals surface area contributed by atoms with Gasteiger partial charge in [-0.25, -0.2) is 0 Å². The first-order valence-electron chi connectivity index (χ1n) is 6.86. The normalized spacial score (nSPS) is 11.2. The Bertz CT molecular complexity index is 659. The van der Waals surface area contributed by atoms with Crippen LogP contribution in [0.5, 0.6) is 5.75 Å². The lowest BCUT2D eigenvalue weighted by atomic mass is 10.1. The molecular formula is C16H22N2O2. The second kappa shape index (κ2) is 6.09. The monoisotopic (exact) mass is 274 g/mol. The molecule has 0 saturated carbocycles. The van der Waals surface area contributed by atoms with E-state index in [1.165, 1.54) is 0 Å². The van der Waals surface area contributed by atoms with Crippen LogP contribution in [0.2, 0.25) is 0 Å². The maximum absolute atomic E-state index is 12.3. The molecule has 0 N–H and O–H groups in total. The molecule has 0 spiro atoms. The molecule has 4 heteroatoms. The number of fused-ring (bicyclic) bond motifs is 1. The van der Waals surface area contributed by atoms with E-state index in [1.54, 1.807) is 13.2 Å². The van der Waals surface area contributed by atoms with Crippen LogP contribution < -0.4 is 10.3 Å². The van der Waals surface area contributed by atoms with Crippen LogP contribution in [0.3, 0.4) is 0 Å². The van der Waals surface area contributed by atoms with Gasteiger partial charge < -0.3 is 14.2 Å². The van der Waals surface area contributed by atoms with Crippen LogP contribution in [0, 0.1) is 6.92 Å². The maximum Gasteiger partial charge on any atom is 0.251 e. The molecule has 1 heterocycles. The zero-order valence-electron chi connectivity index (χ0n) is 12.6. The van der Waals surface area contributed by atoms with E-state index in [2.05, 4.69) is 4.90 Å². The van der Waals surface area contributed by atoms with Crippen LogP contribution in [0.15, 0.2) is 29.1 Å². The fraction of sp³-hybridized carbons (Fsp3) is 0.438. The number of rotatable bonds is 5. The summed E-state index contributed by atoms with van der Waals surface area (Å²) in [5.74, 6) is 0.758. The smallest absolute Gasteiger partial charge is 0.251 e. The minimum atomic E-state index is 0.0401. The van der Waals surface area contributed by atoms with Gasteiger partial charge in [0.25, 0.3) is 5.56 Å². The van der Waals surface area contributed by atoms with Gasteiger partial charge in [0, 0.05) is 18.0 Å². The van der Waals surface area contributed by atoms with Crippen molar-refractivity contribution in [2.24, 2.45) is 0 Å². The predicted octanol–water partition coefficient (Wildman–Crippen LogP) is 2.27. The zero-order valence-corrected chi connectivity index (χ0v) is 12.6. The number of hydrogen-bond acceptors (Lipinski definition) is 3. The third-order valence-corrected chi connectivity index (χ3v) is 3.51. The van der Waals surface area contributed by atoms with Crippen molar-refractivity contribution in [3.63, 3.8) is 0 Å². The van der Waals surface area contributed by atoms with E-state index in [4.69, 9.17) is 4.74 Å². The van der Waals surface area contributed by atoms with Gasteiger partial charge in [-0.2, -0.15) is 0 Å². The number of aryl methyl sites for hydroxylation is 2. The third-order valence-electron chi connectivity index (χ3n) is 3.51. The lowest BCUT2D eigenvalue weighted by Gasteiger charge is -2.16. The lowest BCUT2D eigenvalue weighted by Crippen LogP contribution is -2.23. The number of nitrogens with zero attached hydrogens (tertiary/aromatic N) is 2. The van der Waals surface area contributed by atoms with E-state index < -0.39 is 0 Å². The van der Waals surface area contributed by atoms with Crippen LogP contribution >= 0.6 is 0 Å². The molecule has 2 aromatic rings. The van der Waals surface area contributed by atoms with Crippen LogP contribution in [-0.2, 0) is 6.54 Å². The van der Waals surface area contributed by atoms with E-state index in [1.807, 2.05) is 43.8 Å². The van der Waals surface area contributed by atoms with Crippen molar-refractivity contribution in [1.82, 2.24) is 9.47 Å². The van der Waals surface area contributed by atoms with Crippen molar-refractivity contribution in [2.45, 2.75) is 19.9 Å². The fourth-order valence-corrected chi connectivity index (χ4v) is 2.50. The molecule has 0 aliphatic carbocycles. The van der Waals surface area contributed by atoms with Crippen molar-refractivity contribution in [1.29, 1.82) is 0 Å². The molecular weight excluding hydrogens is 252 g/mol. The molecule has 2 rings (SSSR count). The first-order chi connectivity index (χ1) is 9.54. The third kappa shape index (κ3) is 2.85. The van der Waals surface area contributed by atoms with Gasteiger partial charge >= 0.3 is 0 Å². The Morgan fingerprint density at radius 3 is 2.70 bits per heavy atom. The summed E-state index contributed by atoms with van der Waals surface area (Å²) >= 11 is 0. The first-order valence-corrected chi connectivity index (χ1v) is 6.86. The fourth-order valence-electron chi connectivity index (χ4n) is 2.50. The first kappa shape index (κ1) is 14.6. The molecule has 108 valence electrons. The molecule has 1 aromatic carbocycles. The summed E-state index contributed by atoms with van der Waals surface area (Å²) in [7, 11) is 5.72. The number of aromatic nitrogens is 1. The minimum absolute atomic E-state index is 0.0401. The SMILES string of the molecule is COc1cccc2c(C)cc(=O)n(CCCN(C)C)c12. The summed E-state index contributed by atoms with van der Waals surface area (Å²) in [6, 6.07) is 7.61. The predicted molar refractivity (Wildman–Crippen MR) is 82.7 cm³/mol. The van der Waals surface area contributed by atoms with E-state index >= 15 is 0 Å². The van der Waals surface area contributed by atoms with Gasteiger partial charge in [-0.15, -0.1) is 0 Å². The molecule has 0 unspecified atom stereocenters. The van der Waals surface area contributed by atoms with Gasteiger partial charge in [-0.3, -0.25) is 4.79 Å². The largest absolute Gasteiger partial charge is 0.495 e. The highest BCUT2D eigenvalue weighted by Gasteiger charge is 2.10. The summed E-state index contributed by atoms with van der Waals surface area (Å²) in [5, 5.41) is 1.08. The number of hydrogen-bond donors (Lipinski definition) is 0. The average Bonchev–Trinajstić information content (AvgIpc) is 2.41. The molecule has 0 amide bonds. The van der Waals surface area contributed by atoms with Gasteiger partial charge in [-0.05, 0) is 45.6 Å². The summed E-state index contributed by atoms with van der Waals surface area (Å²) in [5.41, 5.74) is 1.93. The van der Waals surface area contributed by atoms with Crippen LogP contribution in [0.4, 0.5) is 0 Å². The van der Waals surface area contributed by atoms with E-state index in [9.17, 15) is 4.79 Å². The highest BCUT2D eigenvalue weighted by Crippen LogP contribution is 2.26. The van der Waals surface area contributed by atoms with Crippen molar-refractivity contribution in [3.05, 3.63) is 40.2 Å². The Labute approximate surface area is 119 Å². The van der Waals surface area contributed by atoms with Crippen molar-refractivity contribution >= 4 is 10.9 Å². The van der Waals surface area contributed by atoms with Gasteiger partial charge in [0.15, 0.2) is 0 Å². The molecule has 20 heavy (non-hydrogen) atoms. The minimum Gasteiger partial charge on any atom is -0.495 e. The number of para-hydroxylation sites is 1. The molecule has 0 aliphatic heterocycles. The van der Waals surface area contributed by atoms with E-state index in [-0.39, 0.29) is 5.56 Å². The summed E-state index contributed by atoms with van der Waals surface area (Å²) in [6.07, 6.45) is 0.934. The van der Waals surface area contributed by atoms with Crippen molar-refractivity contribution in [2.75, 3.05) is 27.7 Å². The van der Waals surface area contributed by atoms with Crippen molar-refractivity contribution < 1.29 is 4.74 Å². The zero-order chi connectivity index (χ0) is 14.7. The van der Waals surface area contributed by atoms with Crippen LogP contribution in [0.1, 0.15) is 12.0 Å². The summed E-state index contributed by atoms with van der Waals surface area (Å²) < 4.78 is 7.26.